The molecule has 0 aliphatic carbocycles. The fourth-order valence-electron chi connectivity index (χ4n) is 3.46. The molecule has 1 aromatic rings. The lowest BCUT2D eigenvalue weighted by molar-refractivity contribution is -0.136. The van der Waals surface area contributed by atoms with Crippen LogP contribution in [0.4, 0.5) is 0 Å². The van der Waals surface area contributed by atoms with Gasteiger partial charge >= 0.3 is 0 Å². The van der Waals surface area contributed by atoms with Crippen LogP contribution in [-0.4, -0.2) is 50.7 Å². The number of ether oxygens (including phenoxy) is 1. The van der Waals surface area contributed by atoms with Gasteiger partial charge in [-0.05, 0) is 50.1 Å². The van der Waals surface area contributed by atoms with E-state index in [-0.39, 0.29) is 11.3 Å². The highest BCUT2D eigenvalue weighted by atomic mass is 16.5. The average molecular weight is 348 g/mol. The van der Waals surface area contributed by atoms with Crippen molar-refractivity contribution in [2.45, 2.75) is 39.8 Å². The number of amides is 1. The second-order valence-electron chi connectivity index (χ2n) is 6.92. The Labute approximate surface area is 152 Å². The van der Waals surface area contributed by atoms with Gasteiger partial charge in [0, 0.05) is 20.2 Å². The van der Waals surface area contributed by atoms with E-state index in [9.17, 15) is 4.79 Å². The fourth-order valence-corrected chi connectivity index (χ4v) is 3.46. The van der Waals surface area contributed by atoms with Crippen molar-refractivity contribution in [3.8, 4) is 0 Å². The number of hydrogen-bond acceptors (Lipinski definition) is 4. The van der Waals surface area contributed by atoms with Gasteiger partial charge in [0.25, 0.3) is 0 Å². The zero-order valence-electron chi connectivity index (χ0n) is 15.9. The maximum Gasteiger partial charge on any atom is 0.228 e. The number of hydrogen-bond donors (Lipinski definition) is 2. The lowest BCUT2D eigenvalue weighted by Gasteiger charge is -2.35. The molecule has 1 saturated heterocycles. The molecule has 0 radical (unpaired) electrons. The molecule has 140 valence electrons. The normalized spacial score (nSPS) is 16.8. The number of nitrogens with zero attached hydrogens (tertiary/aromatic N) is 1. The summed E-state index contributed by atoms with van der Waals surface area (Å²) in [5, 5.41) is 6.44. The van der Waals surface area contributed by atoms with Crippen molar-refractivity contribution in [2.24, 2.45) is 5.41 Å². The summed E-state index contributed by atoms with van der Waals surface area (Å²) >= 11 is 0. The van der Waals surface area contributed by atoms with Crippen LogP contribution in [0.3, 0.4) is 0 Å². The molecule has 0 saturated carbocycles. The monoisotopic (exact) mass is 347 g/mol. The second kappa shape index (κ2) is 9.90. The van der Waals surface area contributed by atoms with Gasteiger partial charge in [-0.2, -0.15) is 0 Å². The molecule has 2 N–H and O–H groups in total. The Balaban J connectivity index is 1.90. The third-order valence-corrected chi connectivity index (χ3v) is 5.24. The predicted octanol–water partition coefficient (Wildman–Crippen LogP) is 2.16. The molecular formula is C20H33N3O2. The van der Waals surface area contributed by atoms with Crippen molar-refractivity contribution in [1.29, 1.82) is 0 Å². The van der Waals surface area contributed by atoms with Crippen LogP contribution in [0.1, 0.15) is 37.8 Å². The van der Waals surface area contributed by atoms with Gasteiger partial charge in [-0.25, -0.2) is 0 Å². The van der Waals surface area contributed by atoms with Gasteiger partial charge in [0.05, 0.1) is 12.0 Å². The van der Waals surface area contributed by atoms with Crippen molar-refractivity contribution < 1.29 is 9.53 Å². The molecule has 5 nitrogen and oxygen atoms in total. The van der Waals surface area contributed by atoms with E-state index in [2.05, 4.69) is 53.6 Å². The van der Waals surface area contributed by atoms with Gasteiger partial charge in [-0.15, -0.1) is 0 Å². The summed E-state index contributed by atoms with van der Waals surface area (Å²) in [7, 11) is 1.67. The van der Waals surface area contributed by atoms with E-state index in [1.807, 2.05) is 0 Å². The van der Waals surface area contributed by atoms with E-state index in [1.165, 1.54) is 5.56 Å². The lowest BCUT2D eigenvalue weighted by atomic mass is 9.78. The van der Waals surface area contributed by atoms with E-state index in [4.69, 9.17) is 4.74 Å². The van der Waals surface area contributed by atoms with E-state index >= 15 is 0 Å². The Kier molecular flexibility index (Phi) is 7.88. The van der Waals surface area contributed by atoms with Gasteiger partial charge in [0.1, 0.15) is 0 Å². The highest BCUT2D eigenvalue weighted by Gasteiger charge is 2.39. The van der Waals surface area contributed by atoms with E-state index < -0.39 is 0 Å². The van der Waals surface area contributed by atoms with Crippen molar-refractivity contribution in [3.63, 3.8) is 0 Å². The summed E-state index contributed by atoms with van der Waals surface area (Å²) in [6.07, 6.45) is 1.66. The molecule has 1 aliphatic heterocycles. The van der Waals surface area contributed by atoms with Crippen LogP contribution in [-0.2, 0) is 22.6 Å². The maximum absolute atomic E-state index is 12.7. The maximum atomic E-state index is 12.7. The van der Waals surface area contributed by atoms with Crippen LogP contribution >= 0.6 is 0 Å². The van der Waals surface area contributed by atoms with Crippen LogP contribution in [0.25, 0.3) is 0 Å². The molecule has 25 heavy (non-hydrogen) atoms. The fraction of sp³-hybridized carbons (Fsp3) is 0.650. The Morgan fingerprint density at radius 3 is 2.32 bits per heavy atom. The first-order valence-corrected chi connectivity index (χ1v) is 9.41. The molecular weight excluding hydrogens is 314 g/mol. The smallest absolute Gasteiger partial charge is 0.228 e. The van der Waals surface area contributed by atoms with Crippen molar-refractivity contribution >= 4 is 5.91 Å². The van der Waals surface area contributed by atoms with E-state index in [0.29, 0.717) is 13.2 Å². The largest absolute Gasteiger partial charge is 0.384 e. The molecule has 0 aromatic heterocycles. The lowest BCUT2D eigenvalue weighted by Crippen LogP contribution is -2.49. The Morgan fingerprint density at radius 2 is 1.76 bits per heavy atom. The Bertz CT molecular complexity index is 515. The Morgan fingerprint density at radius 1 is 1.16 bits per heavy atom. The molecule has 1 heterocycles. The van der Waals surface area contributed by atoms with Crippen molar-refractivity contribution in [3.05, 3.63) is 35.4 Å². The molecule has 0 spiro atoms. The SMILES string of the molecule is CCN(CC)Cc1ccc(CNC(=O)C2(COC)CCNCC2)cc1. The number of methoxy groups -OCH3 is 1. The summed E-state index contributed by atoms with van der Waals surface area (Å²) in [6, 6.07) is 8.56. The van der Waals surface area contributed by atoms with Crippen molar-refractivity contribution in [1.82, 2.24) is 15.5 Å². The minimum atomic E-state index is -0.386. The minimum absolute atomic E-state index is 0.114. The molecule has 0 atom stereocenters. The van der Waals surface area contributed by atoms with E-state index in [1.54, 1.807) is 7.11 Å². The summed E-state index contributed by atoms with van der Waals surface area (Å²) in [6.45, 7) is 10.3. The first-order valence-electron chi connectivity index (χ1n) is 9.41. The number of carbonyl (C=O) groups excluding carboxylic acids is 1. The van der Waals surface area contributed by atoms with Gasteiger partial charge in [-0.3, -0.25) is 9.69 Å². The Hall–Kier alpha value is -1.43. The second-order valence-corrected chi connectivity index (χ2v) is 6.92. The highest BCUT2D eigenvalue weighted by molar-refractivity contribution is 5.83. The summed E-state index contributed by atoms with van der Waals surface area (Å²) in [5.41, 5.74) is 2.06. The number of carbonyl (C=O) groups is 1. The predicted molar refractivity (Wildman–Crippen MR) is 101 cm³/mol. The van der Waals surface area contributed by atoms with E-state index in [0.717, 1.165) is 51.1 Å². The third-order valence-electron chi connectivity index (χ3n) is 5.24. The van der Waals surface area contributed by atoms with Crippen LogP contribution < -0.4 is 10.6 Å². The zero-order chi connectivity index (χ0) is 18.1. The van der Waals surface area contributed by atoms with Gasteiger partial charge in [0.2, 0.25) is 5.91 Å². The molecule has 0 unspecified atom stereocenters. The summed E-state index contributed by atoms with van der Waals surface area (Å²) in [4.78, 5) is 15.1. The zero-order valence-corrected chi connectivity index (χ0v) is 15.9. The number of benzene rings is 1. The first kappa shape index (κ1) is 19.9. The molecule has 1 fully saturated rings. The van der Waals surface area contributed by atoms with Crippen LogP contribution in [0, 0.1) is 5.41 Å². The number of nitrogens with one attached hydrogen (secondary N) is 2. The third kappa shape index (κ3) is 5.53. The molecule has 5 heteroatoms. The number of piperidine rings is 1. The van der Waals surface area contributed by atoms with Crippen molar-refractivity contribution in [2.75, 3.05) is 39.9 Å². The number of rotatable bonds is 9. The molecule has 0 bridgehead atoms. The molecule has 1 amide bonds. The topological polar surface area (TPSA) is 53.6 Å². The van der Waals surface area contributed by atoms with Gasteiger partial charge in [-0.1, -0.05) is 38.1 Å². The average Bonchev–Trinajstić information content (AvgIpc) is 2.66. The quantitative estimate of drug-likeness (QED) is 0.719. The first-order chi connectivity index (χ1) is 12.1. The molecule has 1 aromatic carbocycles. The van der Waals surface area contributed by atoms with Gasteiger partial charge in [0.15, 0.2) is 0 Å². The standard InChI is InChI=1S/C20H33N3O2/c1-4-23(5-2)15-18-8-6-17(7-9-18)14-22-19(24)20(16-25-3)10-12-21-13-11-20/h6-9,21H,4-5,10-16H2,1-3H3,(H,22,24). The highest BCUT2D eigenvalue weighted by Crippen LogP contribution is 2.29. The summed E-state index contributed by atoms with van der Waals surface area (Å²) in [5.74, 6) is 0.114. The van der Waals surface area contributed by atoms with Crippen LogP contribution in [0.15, 0.2) is 24.3 Å². The van der Waals surface area contributed by atoms with Gasteiger partial charge < -0.3 is 15.4 Å². The van der Waals surface area contributed by atoms with Crippen LogP contribution in [0.5, 0.6) is 0 Å². The molecule has 1 aliphatic rings. The minimum Gasteiger partial charge on any atom is -0.384 e. The van der Waals surface area contributed by atoms with Crippen LogP contribution in [0.2, 0.25) is 0 Å². The molecule has 2 rings (SSSR count). The summed E-state index contributed by atoms with van der Waals surface area (Å²) < 4.78 is 5.34.